The molecule has 2 bridgehead atoms. The predicted molar refractivity (Wildman–Crippen MR) is 159 cm³/mol. The van der Waals surface area contributed by atoms with Crippen molar-refractivity contribution in [2.45, 2.75) is 96.8 Å². The van der Waals surface area contributed by atoms with Gasteiger partial charge in [0.15, 0.2) is 0 Å². The van der Waals surface area contributed by atoms with Crippen molar-refractivity contribution in [1.29, 1.82) is 0 Å². The van der Waals surface area contributed by atoms with Gasteiger partial charge in [-0.05, 0) is 74.2 Å². The van der Waals surface area contributed by atoms with E-state index >= 15 is 0 Å². The van der Waals surface area contributed by atoms with Crippen molar-refractivity contribution >= 4 is 19.1 Å². The highest BCUT2D eigenvalue weighted by molar-refractivity contribution is 6.48. The SMILES string of the molecule is [C-]#[N+]C(=CC(C)C)C(=O)N1CCCC[C@@H]1CNC(=O)N[C@@H](Cc1ccccc1)B1O[C@@H]2C[C@@H]3C[C@@H](C3(C)C)[C@]2(C)O1. The fourth-order valence-corrected chi connectivity index (χ4v) is 7.68. The van der Waals surface area contributed by atoms with E-state index in [0.29, 0.717) is 31.3 Å². The summed E-state index contributed by atoms with van der Waals surface area (Å²) in [6, 6.07) is 9.65. The number of allylic oxidation sites excluding steroid dienone is 1. The molecule has 0 aromatic heterocycles. The van der Waals surface area contributed by atoms with Gasteiger partial charge in [0, 0.05) is 19.1 Å². The second-order valence-electron chi connectivity index (χ2n) is 13.5. The first-order valence-corrected chi connectivity index (χ1v) is 15.3. The van der Waals surface area contributed by atoms with Crippen LogP contribution < -0.4 is 10.6 Å². The molecule has 3 amide bonds. The van der Waals surface area contributed by atoms with Crippen LogP contribution in [0.4, 0.5) is 4.79 Å². The first-order chi connectivity index (χ1) is 19.5. The first kappa shape index (κ1) is 29.7. The summed E-state index contributed by atoms with van der Waals surface area (Å²) in [6.45, 7) is 19.2. The number of benzene rings is 1. The lowest BCUT2D eigenvalue weighted by Crippen LogP contribution is -2.65. The van der Waals surface area contributed by atoms with E-state index in [1.54, 1.807) is 11.0 Å². The highest BCUT2D eigenvalue weighted by atomic mass is 16.7. The zero-order valence-corrected chi connectivity index (χ0v) is 25.2. The molecule has 2 aliphatic heterocycles. The quantitative estimate of drug-likeness (QED) is 0.266. The third-order valence-corrected chi connectivity index (χ3v) is 10.1. The van der Waals surface area contributed by atoms with E-state index in [9.17, 15) is 9.59 Å². The molecule has 9 heteroatoms. The second kappa shape index (κ2) is 11.8. The second-order valence-corrected chi connectivity index (χ2v) is 13.5. The van der Waals surface area contributed by atoms with Gasteiger partial charge in [0.2, 0.25) is 5.70 Å². The Hall–Kier alpha value is -2.83. The number of carbonyl (C=O) groups excluding carboxylic acids is 2. The highest BCUT2D eigenvalue weighted by Crippen LogP contribution is 2.65. The van der Waals surface area contributed by atoms with E-state index in [1.807, 2.05) is 32.0 Å². The summed E-state index contributed by atoms with van der Waals surface area (Å²) in [6.07, 6.45) is 7.18. The van der Waals surface area contributed by atoms with E-state index in [2.05, 4.69) is 48.4 Å². The first-order valence-electron chi connectivity index (χ1n) is 15.3. The molecule has 0 spiro atoms. The number of hydrogen-bond donors (Lipinski definition) is 2. The maximum Gasteiger partial charge on any atom is 0.482 e. The fraction of sp³-hybridized carbons (Fsp3) is 0.656. The summed E-state index contributed by atoms with van der Waals surface area (Å²) in [5, 5.41) is 6.19. The van der Waals surface area contributed by atoms with Gasteiger partial charge >= 0.3 is 13.1 Å². The molecule has 0 radical (unpaired) electrons. The maximum atomic E-state index is 13.3. The average Bonchev–Trinajstić information content (AvgIpc) is 3.32. The van der Waals surface area contributed by atoms with Gasteiger partial charge in [-0.15, -0.1) is 0 Å². The van der Waals surface area contributed by atoms with Gasteiger partial charge < -0.3 is 24.8 Å². The molecule has 8 nitrogen and oxygen atoms in total. The van der Waals surface area contributed by atoms with E-state index < -0.39 is 7.12 Å². The standard InChI is InChI=1S/C32H45BN4O4/c1-21(2)16-25(34-6)29(38)37-15-11-10-14-24(37)20-35-30(39)36-28(17-22-12-8-7-9-13-22)33-40-27-19-23-18-26(31(23,3)4)32(27,5)41-33/h7-9,12-13,16,21,23-24,26-28H,10-11,14-15,17-20H2,1-5H3,(H2,35,36,39)/t23-,24+,26-,27+,28-,32-/m0/s1. The molecule has 1 aromatic rings. The lowest BCUT2D eigenvalue weighted by atomic mass is 9.43. The number of amides is 3. The van der Waals surface area contributed by atoms with E-state index in [1.165, 1.54) is 6.42 Å². The molecule has 0 unspecified atom stereocenters. The van der Waals surface area contributed by atoms with Crippen LogP contribution in [-0.2, 0) is 20.5 Å². The molecule has 41 heavy (non-hydrogen) atoms. The van der Waals surface area contributed by atoms with Crippen molar-refractivity contribution in [3.63, 3.8) is 0 Å². The molecule has 5 aliphatic rings. The third-order valence-electron chi connectivity index (χ3n) is 10.1. The van der Waals surface area contributed by atoms with Crippen LogP contribution in [0.3, 0.4) is 0 Å². The zero-order valence-electron chi connectivity index (χ0n) is 25.2. The number of urea groups is 1. The van der Waals surface area contributed by atoms with Crippen LogP contribution in [-0.4, -0.2) is 60.7 Å². The molecule has 2 heterocycles. The van der Waals surface area contributed by atoms with Gasteiger partial charge in [0.1, 0.15) is 0 Å². The van der Waals surface area contributed by atoms with Gasteiger partial charge in [-0.2, -0.15) is 0 Å². The third kappa shape index (κ3) is 5.92. The van der Waals surface area contributed by atoms with Gasteiger partial charge in [-0.1, -0.05) is 64.1 Å². The minimum absolute atomic E-state index is 0.0322. The molecule has 3 aliphatic carbocycles. The van der Waals surface area contributed by atoms with Crippen LogP contribution in [0.25, 0.3) is 4.85 Å². The number of hydrogen-bond acceptors (Lipinski definition) is 4. The Balaban J connectivity index is 1.25. The van der Waals surface area contributed by atoms with Crippen molar-refractivity contribution in [2.75, 3.05) is 13.1 Å². The van der Waals surface area contributed by atoms with Crippen LogP contribution in [0.1, 0.15) is 72.3 Å². The zero-order chi connectivity index (χ0) is 29.4. The number of likely N-dealkylation sites (tertiary alicyclic amines) is 1. The Bertz CT molecular complexity index is 1200. The van der Waals surface area contributed by atoms with Crippen LogP contribution in [0.5, 0.6) is 0 Å². The number of piperidine rings is 1. The molecule has 1 aromatic carbocycles. The molecule has 5 fully saturated rings. The molecule has 220 valence electrons. The molecular formula is C32H45BN4O4. The summed E-state index contributed by atoms with van der Waals surface area (Å²) in [7, 11) is -0.541. The number of rotatable bonds is 8. The van der Waals surface area contributed by atoms with Gasteiger partial charge in [0.25, 0.3) is 5.91 Å². The van der Waals surface area contributed by atoms with Gasteiger partial charge in [0.05, 0.1) is 24.2 Å². The fourth-order valence-electron chi connectivity index (χ4n) is 7.68. The van der Waals surface area contributed by atoms with Crippen molar-refractivity contribution in [3.8, 4) is 0 Å². The normalized spacial score (nSPS) is 31.1. The summed E-state index contributed by atoms with van der Waals surface area (Å²) < 4.78 is 13.3. The smallest absolute Gasteiger partial charge is 0.404 e. The molecular weight excluding hydrogens is 515 g/mol. The molecule has 2 N–H and O–H groups in total. The predicted octanol–water partition coefficient (Wildman–Crippen LogP) is 5.00. The summed E-state index contributed by atoms with van der Waals surface area (Å²) in [5.41, 5.74) is 1.14. The largest absolute Gasteiger partial charge is 0.482 e. The lowest BCUT2D eigenvalue weighted by molar-refractivity contribution is -0.199. The van der Waals surface area contributed by atoms with E-state index in [-0.39, 0.29) is 52.7 Å². The van der Waals surface area contributed by atoms with E-state index in [4.69, 9.17) is 15.9 Å². The van der Waals surface area contributed by atoms with Gasteiger partial charge in [-0.25, -0.2) is 9.64 Å². The molecule has 6 rings (SSSR count). The minimum atomic E-state index is -0.541. The summed E-state index contributed by atoms with van der Waals surface area (Å²) >= 11 is 0. The van der Waals surface area contributed by atoms with Crippen molar-refractivity contribution in [1.82, 2.24) is 15.5 Å². The van der Waals surface area contributed by atoms with Crippen LogP contribution in [0.2, 0.25) is 0 Å². The van der Waals surface area contributed by atoms with Crippen molar-refractivity contribution in [3.05, 3.63) is 59.1 Å². The molecule has 3 saturated carbocycles. The monoisotopic (exact) mass is 560 g/mol. The Morgan fingerprint density at radius 2 is 1.95 bits per heavy atom. The Morgan fingerprint density at radius 3 is 2.63 bits per heavy atom. The van der Waals surface area contributed by atoms with Crippen molar-refractivity contribution < 1.29 is 18.9 Å². The summed E-state index contributed by atoms with van der Waals surface area (Å²) in [5.74, 6) is 0.589. The Labute approximate surface area is 245 Å². The summed E-state index contributed by atoms with van der Waals surface area (Å²) in [4.78, 5) is 31.8. The molecule has 2 saturated heterocycles. The lowest BCUT2D eigenvalue weighted by Gasteiger charge is -2.64. The molecule has 6 atom stereocenters. The van der Waals surface area contributed by atoms with Gasteiger partial charge in [-0.3, -0.25) is 4.79 Å². The maximum absolute atomic E-state index is 13.3. The number of nitrogens with one attached hydrogen (secondary N) is 2. The average molecular weight is 561 g/mol. The van der Waals surface area contributed by atoms with Crippen LogP contribution in [0, 0.1) is 29.7 Å². The highest BCUT2D eigenvalue weighted by Gasteiger charge is 2.68. The van der Waals surface area contributed by atoms with Crippen LogP contribution >= 0.6 is 0 Å². The number of carbonyl (C=O) groups is 2. The van der Waals surface area contributed by atoms with E-state index in [0.717, 1.165) is 31.2 Å². The Kier molecular flexibility index (Phi) is 8.55. The topological polar surface area (TPSA) is 84.3 Å². The Morgan fingerprint density at radius 1 is 1.20 bits per heavy atom. The van der Waals surface area contributed by atoms with Crippen LogP contribution in [0.15, 0.2) is 42.1 Å². The number of nitrogens with zero attached hydrogens (tertiary/aromatic N) is 2. The minimum Gasteiger partial charge on any atom is -0.404 e. The van der Waals surface area contributed by atoms with Crippen molar-refractivity contribution in [2.24, 2.45) is 23.2 Å².